The second kappa shape index (κ2) is 6.05. The van der Waals surface area contributed by atoms with Crippen LogP contribution in [0.5, 0.6) is 11.5 Å². The van der Waals surface area contributed by atoms with Crippen LogP contribution in [0.15, 0.2) is 23.2 Å². The fourth-order valence-electron chi connectivity index (χ4n) is 1.88. The highest BCUT2D eigenvalue weighted by Gasteiger charge is 2.42. The van der Waals surface area contributed by atoms with Crippen LogP contribution in [-0.2, 0) is 19.1 Å². The lowest BCUT2D eigenvalue weighted by Crippen LogP contribution is -2.46. The zero-order valence-corrected chi connectivity index (χ0v) is 12.8. The van der Waals surface area contributed by atoms with E-state index in [1.165, 1.54) is 34.3 Å². The Morgan fingerprint density at radius 2 is 1.55 bits per heavy atom. The molecule has 7 heteroatoms. The molecule has 0 N–H and O–H groups in total. The van der Waals surface area contributed by atoms with Crippen molar-refractivity contribution in [1.29, 1.82) is 0 Å². The van der Waals surface area contributed by atoms with Gasteiger partial charge in [-0.3, -0.25) is 14.6 Å². The van der Waals surface area contributed by atoms with E-state index < -0.39 is 23.6 Å². The van der Waals surface area contributed by atoms with Gasteiger partial charge in [0.05, 0.1) is 19.9 Å². The molecule has 1 saturated heterocycles. The molecule has 7 nitrogen and oxygen atoms in total. The summed E-state index contributed by atoms with van der Waals surface area (Å²) in [5.74, 6) is -2.75. The first kappa shape index (κ1) is 15.8. The quantitative estimate of drug-likeness (QED) is 0.479. The van der Waals surface area contributed by atoms with Crippen molar-refractivity contribution in [1.82, 2.24) is 0 Å². The molecule has 1 fully saturated rings. The Balaban J connectivity index is 2.21. The van der Waals surface area contributed by atoms with E-state index in [2.05, 4.69) is 4.99 Å². The number of benzene rings is 1. The number of esters is 2. The molecule has 1 aromatic carbocycles. The van der Waals surface area contributed by atoms with Crippen LogP contribution >= 0.6 is 0 Å². The molecule has 0 amide bonds. The minimum atomic E-state index is -1.25. The van der Waals surface area contributed by atoms with Gasteiger partial charge >= 0.3 is 11.9 Å². The van der Waals surface area contributed by atoms with E-state index >= 15 is 0 Å². The third-order valence-corrected chi connectivity index (χ3v) is 2.91. The average molecular weight is 307 g/mol. The van der Waals surface area contributed by atoms with Crippen molar-refractivity contribution in [2.75, 3.05) is 14.2 Å². The molecule has 1 heterocycles. The lowest BCUT2D eigenvalue weighted by molar-refractivity contribution is -0.235. The Kier molecular flexibility index (Phi) is 4.35. The highest BCUT2D eigenvalue weighted by atomic mass is 16.7. The second-order valence-electron chi connectivity index (χ2n) is 5.07. The van der Waals surface area contributed by atoms with Crippen LogP contribution in [0.1, 0.15) is 13.8 Å². The zero-order valence-electron chi connectivity index (χ0n) is 12.8. The van der Waals surface area contributed by atoms with E-state index in [1.54, 1.807) is 18.2 Å². The Bertz CT molecular complexity index is 580. The van der Waals surface area contributed by atoms with Gasteiger partial charge in [-0.2, -0.15) is 0 Å². The van der Waals surface area contributed by atoms with Crippen molar-refractivity contribution in [3.8, 4) is 11.5 Å². The van der Waals surface area contributed by atoms with Gasteiger partial charge in [0, 0.05) is 38.3 Å². The van der Waals surface area contributed by atoms with Crippen LogP contribution in [0.4, 0.5) is 5.69 Å². The molecule has 1 aliphatic heterocycles. The summed E-state index contributed by atoms with van der Waals surface area (Å²) in [6.07, 6.45) is 1.19. The normalized spacial score (nSPS) is 18.0. The Hall–Kier alpha value is -2.57. The van der Waals surface area contributed by atoms with Gasteiger partial charge in [0.25, 0.3) is 5.79 Å². The SMILES string of the molecule is COc1cc(N=CC2C(=O)OC(C)(C)OC2=O)cc(OC)c1. The Morgan fingerprint density at radius 1 is 1.05 bits per heavy atom. The minimum absolute atomic E-state index is 0.474. The molecule has 0 atom stereocenters. The van der Waals surface area contributed by atoms with Crippen molar-refractivity contribution in [3.63, 3.8) is 0 Å². The highest BCUT2D eigenvalue weighted by molar-refractivity contribution is 6.10. The maximum atomic E-state index is 11.8. The van der Waals surface area contributed by atoms with Crippen LogP contribution in [0.3, 0.4) is 0 Å². The van der Waals surface area contributed by atoms with E-state index in [4.69, 9.17) is 18.9 Å². The zero-order chi connectivity index (χ0) is 16.3. The molecule has 0 aliphatic carbocycles. The van der Waals surface area contributed by atoms with Crippen molar-refractivity contribution in [2.45, 2.75) is 19.6 Å². The van der Waals surface area contributed by atoms with Gasteiger partial charge < -0.3 is 18.9 Å². The summed E-state index contributed by atoms with van der Waals surface area (Å²) >= 11 is 0. The number of rotatable bonds is 4. The Morgan fingerprint density at radius 3 is 2.00 bits per heavy atom. The first-order chi connectivity index (χ1) is 10.3. The summed E-state index contributed by atoms with van der Waals surface area (Å²) in [5.41, 5.74) is 0.474. The molecule has 2 rings (SSSR count). The molecule has 0 unspecified atom stereocenters. The van der Waals surface area contributed by atoms with E-state index in [-0.39, 0.29) is 0 Å². The number of hydrogen-bond acceptors (Lipinski definition) is 7. The van der Waals surface area contributed by atoms with Crippen LogP contribution in [0.25, 0.3) is 0 Å². The standard InChI is InChI=1S/C15H17NO6/c1-15(2)21-13(17)12(14(18)22-15)8-16-9-5-10(19-3)7-11(6-9)20-4/h5-8,12H,1-4H3. The summed E-state index contributed by atoms with van der Waals surface area (Å²) in [5, 5.41) is 0. The number of aliphatic imine (C=N–C) groups is 1. The van der Waals surface area contributed by atoms with E-state index in [0.29, 0.717) is 17.2 Å². The molecule has 0 aromatic heterocycles. The second-order valence-corrected chi connectivity index (χ2v) is 5.07. The van der Waals surface area contributed by atoms with E-state index in [1.807, 2.05) is 0 Å². The molecule has 0 bridgehead atoms. The summed E-state index contributed by atoms with van der Waals surface area (Å²) in [4.78, 5) is 27.8. The first-order valence-electron chi connectivity index (χ1n) is 6.57. The van der Waals surface area contributed by atoms with Gasteiger partial charge in [0.2, 0.25) is 0 Å². The molecule has 22 heavy (non-hydrogen) atoms. The number of hydrogen-bond donors (Lipinski definition) is 0. The number of carbonyl (C=O) groups excluding carboxylic acids is 2. The van der Waals surface area contributed by atoms with Crippen LogP contribution in [0.2, 0.25) is 0 Å². The third-order valence-electron chi connectivity index (χ3n) is 2.91. The fourth-order valence-corrected chi connectivity index (χ4v) is 1.88. The third kappa shape index (κ3) is 3.55. The average Bonchev–Trinajstić information content (AvgIpc) is 2.44. The van der Waals surface area contributed by atoms with Gasteiger partial charge in [-0.25, -0.2) is 0 Å². The smallest absolute Gasteiger partial charge is 0.329 e. The summed E-state index contributed by atoms with van der Waals surface area (Å²) in [7, 11) is 3.03. The van der Waals surface area contributed by atoms with E-state index in [9.17, 15) is 9.59 Å². The number of carbonyl (C=O) groups is 2. The van der Waals surface area contributed by atoms with Crippen LogP contribution < -0.4 is 9.47 Å². The molecule has 0 saturated carbocycles. The summed E-state index contributed by atoms with van der Waals surface area (Å²) in [6, 6.07) is 4.97. The monoisotopic (exact) mass is 307 g/mol. The molecular formula is C15H17NO6. The Labute approximate surface area is 127 Å². The van der Waals surface area contributed by atoms with E-state index in [0.717, 1.165) is 0 Å². The van der Waals surface area contributed by atoms with Gasteiger partial charge in [-0.1, -0.05) is 0 Å². The summed E-state index contributed by atoms with van der Waals surface area (Å²) < 4.78 is 20.3. The number of nitrogens with zero attached hydrogens (tertiary/aromatic N) is 1. The molecule has 1 aromatic rings. The summed E-state index contributed by atoms with van der Waals surface area (Å²) in [6.45, 7) is 2.98. The molecule has 0 spiro atoms. The number of ether oxygens (including phenoxy) is 4. The topological polar surface area (TPSA) is 83.4 Å². The number of methoxy groups -OCH3 is 2. The van der Waals surface area contributed by atoms with Gasteiger partial charge in [0.1, 0.15) is 11.5 Å². The van der Waals surface area contributed by atoms with Crippen molar-refractivity contribution in [2.24, 2.45) is 10.9 Å². The van der Waals surface area contributed by atoms with Gasteiger partial charge in [-0.05, 0) is 0 Å². The highest BCUT2D eigenvalue weighted by Crippen LogP contribution is 2.28. The predicted octanol–water partition coefficient (Wildman–Crippen LogP) is 1.86. The lowest BCUT2D eigenvalue weighted by Gasteiger charge is -2.31. The predicted molar refractivity (Wildman–Crippen MR) is 77.5 cm³/mol. The lowest BCUT2D eigenvalue weighted by atomic mass is 10.1. The van der Waals surface area contributed by atoms with Crippen LogP contribution in [-0.4, -0.2) is 38.2 Å². The first-order valence-corrected chi connectivity index (χ1v) is 6.57. The molecule has 1 aliphatic rings. The van der Waals surface area contributed by atoms with Gasteiger partial charge in [-0.15, -0.1) is 0 Å². The minimum Gasteiger partial charge on any atom is -0.497 e. The van der Waals surface area contributed by atoms with Crippen LogP contribution in [0, 0.1) is 5.92 Å². The molecular weight excluding hydrogens is 290 g/mol. The molecule has 118 valence electrons. The largest absolute Gasteiger partial charge is 0.497 e. The van der Waals surface area contributed by atoms with Gasteiger partial charge in [0.15, 0.2) is 5.92 Å². The van der Waals surface area contributed by atoms with Crippen molar-refractivity contribution >= 4 is 23.8 Å². The fraction of sp³-hybridized carbons (Fsp3) is 0.400. The van der Waals surface area contributed by atoms with Crippen molar-refractivity contribution < 1.29 is 28.5 Å². The number of cyclic esters (lactones) is 2. The molecule has 0 radical (unpaired) electrons. The maximum absolute atomic E-state index is 11.8. The maximum Gasteiger partial charge on any atom is 0.329 e. The van der Waals surface area contributed by atoms with Crippen molar-refractivity contribution in [3.05, 3.63) is 18.2 Å².